The second kappa shape index (κ2) is 13.2. The van der Waals surface area contributed by atoms with Crippen molar-refractivity contribution in [1.29, 1.82) is 0 Å². The van der Waals surface area contributed by atoms with Crippen molar-refractivity contribution in [3.05, 3.63) is 29.8 Å². The summed E-state index contributed by atoms with van der Waals surface area (Å²) < 4.78 is 5.90. The number of nitrogens with one attached hydrogen (secondary N) is 1. The van der Waals surface area contributed by atoms with Gasteiger partial charge in [0.2, 0.25) is 0 Å². The van der Waals surface area contributed by atoms with E-state index < -0.39 is 11.9 Å². The van der Waals surface area contributed by atoms with Gasteiger partial charge in [0.15, 0.2) is 0 Å². The van der Waals surface area contributed by atoms with Crippen LogP contribution in [0, 0.1) is 0 Å². The molecule has 6 heteroatoms. The predicted octanol–water partition coefficient (Wildman–Crippen LogP) is 3.51. The number of carboxylic acids is 2. The minimum Gasteiger partial charge on any atom is -0.493 e. The summed E-state index contributed by atoms with van der Waals surface area (Å²) in [5.41, 5.74) is 1.31. The SMILES string of the molecule is CCC(C)NCCCCOc1ccccc1C(C)C.O=C(O)C(=O)O. The number of carboxylic acid groups (broad SMARTS) is 2. The van der Waals surface area contributed by atoms with Crippen LogP contribution in [0.3, 0.4) is 0 Å². The van der Waals surface area contributed by atoms with Crippen molar-refractivity contribution in [2.45, 2.75) is 58.9 Å². The molecule has 1 rings (SSSR count). The molecule has 0 amide bonds. The highest BCUT2D eigenvalue weighted by molar-refractivity contribution is 6.27. The maximum absolute atomic E-state index is 9.10. The van der Waals surface area contributed by atoms with Crippen molar-refractivity contribution < 1.29 is 24.5 Å². The molecule has 6 nitrogen and oxygen atoms in total. The summed E-state index contributed by atoms with van der Waals surface area (Å²) >= 11 is 0. The largest absolute Gasteiger partial charge is 0.493 e. The van der Waals surface area contributed by atoms with Crippen molar-refractivity contribution in [2.75, 3.05) is 13.2 Å². The smallest absolute Gasteiger partial charge is 0.414 e. The quantitative estimate of drug-likeness (QED) is 0.464. The Labute approximate surface area is 150 Å². The number of hydrogen-bond acceptors (Lipinski definition) is 4. The standard InChI is InChI=1S/C17H29NO.C2H2O4/c1-5-15(4)18-12-8-9-13-19-17-11-7-6-10-16(17)14(2)3;3-1(4)2(5)6/h6-7,10-11,14-15,18H,5,8-9,12-13H2,1-4H3;(H,3,4)(H,5,6). The lowest BCUT2D eigenvalue weighted by molar-refractivity contribution is -0.159. The predicted molar refractivity (Wildman–Crippen MR) is 98.3 cm³/mol. The van der Waals surface area contributed by atoms with Crippen LogP contribution in [0.15, 0.2) is 24.3 Å². The molecule has 0 spiro atoms. The average Bonchev–Trinajstić information content (AvgIpc) is 2.58. The first kappa shape index (κ1) is 22.9. The van der Waals surface area contributed by atoms with Crippen LogP contribution in [-0.2, 0) is 9.59 Å². The van der Waals surface area contributed by atoms with Crippen LogP contribution in [0.5, 0.6) is 5.75 Å². The van der Waals surface area contributed by atoms with E-state index in [0.717, 1.165) is 25.3 Å². The van der Waals surface area contributed by atoms with Crippen molar-refractivity contribution in [1.82, 2.24) is 5.32 Å². The van der Waals surface area contributed by atoms with E-state index in [0.29, 0.717) is 12.0 Å². The molecular weight excluding hydrogens is 322 g/mol. The minimum atomic E-state index is -1.82. The van der Waals surface area contributed by atoms with Gasteiger partial charge in [0.05, 0.1) is 6.61 Å². The van der Waals surface area contributed by atoms with Crippen LogP contribution in [0.2, 0.25) is 0 Å². The Bertz CT molecular complexity index is 504. The lowest BCUT2D eigenvalue weighted by Gasteiger charge is -2.14. The summed E-state index contributed by atoms with van der Waals surface area (Å²) in [6.07, 6.45) is 3.47. The molecule has 0 aliphatic heterocycles. The summed E-state index contributed by atoms with van der Waals surface area (Å²) in [6, 6.07) is 8.99. The summed E-state index contributed by atoms with van der Waals surface area (Å²) in [5.74, 6) is -2.08. The van der Waals surface area contributed by atoms with Crippen LogP contribution in [0.1, 0.15) is 58.4 Å². The summed E-state index contributed by atoms with van der Waals surface area (Å²) in [7, 11) is 0. The van der Waals surface area contributed by atoms with Gasteiger partial charge in [-0.1, -0.05) is 39.0 Å². The zero-order chi connectivity index (χ0) is 19.2. The normalized spacial score (nSPS) is 11.4. The third-order valence-electron chi connectivity index (χ3n) is 3.66. The number of para-hydroxylation sites is 1. The molecule has 1 aromatic rings. The molecule has 0 heterocycles. The molecule has 25 heavy (non-hydrogen) atoms. The first-order valence-electron chi connectivity index (χ1n) is 8.70. The molecule has 142 valence electrons. The minimum absolute atomic E-state index is 0.517. The van der Waals surface area contributed by atoms with Crippen molar-refractivity contribution >= 4 is 11.9 Å². The van der Waals surface area contributed by atoms with Gasteiger partial charge in [-0.05, 0) is 50.3 Å². The molecule has 1 unspecified atom stereocenters. The summed E-state index contributed by atoms with van der Waals surface area (Å²) in [5, 5.41) is 18.3. The molecule has 0 fully saturated rings. The Kier molecular flexibility index (Phi) is 12.1. The van der Waals surface area contributed by atoms with Gasteiger partial charge in [0.25, 0.3) is 0 Å². The topological polar surface area (TPSA) is 95.9 Å². The maximum atomic E-state index is 9.10. The number of rotatable bonds is 9. The number of ether oxygens (including phenoxy) is 1. The van der Waals surface area contributed by atoms with Crippen LogP contribution in [-0.4, -0.2) is 41.3 Å². The number of hydrogen-bond donors (Lipinski definition) is 3. The van der Waals surface area contributed by atoms with Gasteiger partial charge >= 0.3 is 11.9 Å². The summed E-state index contributed by atoms with van der Waals surface area (Å²) in [6.45, 7) is 10.8. The van der Waals surface area contributed by atoms with Crippen LogP contribution in [0.25, 0.3) is 0 Å². The Balaban J connectivity index is 0.000000823. The Morgan fingerprint density at radius 2 is 1.68 bits per heavy atom. The van der Waals surface area contributed by atoms with Gasteiger partial charge in [-0.3, -0.25) is 0 Å². The van der Waals surface area contributed by atoms with Crippen LogP contribution < -0.4 is 10.1 Å². The molecule has 0 saturated carbocycles. The molecule has 0 aliphatic rings. The number of aliphatic carboxylic acids is 2. The first-order valence-corrected chi connectivity index (χ1v) is 8.70. The van der Waals surface area contributed by atoms with Crippen molar-refractivity contribution in [2.24, 2.45) is 0 Å². The number of benzene rings is 1. The summed E-state index contributed by atoms with van der Waals surface area (Å²) in [4.78, 5) is 18.2. The lowest BCUT2D eigenvalue weighted by atomic mass is 10.0. The Morgan fingerprint density at radius 3 is 2.20 bits per heavy atom. The second-order valence-electron chi connectivity index (χ2n) is 6.12. The average molecular weight is 353 g/mol. The van der Waals surface area contributed by atoms with Crippen LogP contribution >= 0.6 is 0 Å². The Hall–Kier alpha value is -2.08. The first-order chi connectivity index (χ1) is 11.8. The molecule has 1 atom stereocenters. The van der Waals surface area contributed by atoms with Crippen molar-refractivity contribution in [3.8, 4) is 5.75 Å². The monoisotopic (exact) mass is 353 g/mol. The fraction of sp³-hybridized carbons (Fsp3) is 0.579. The molecule has 1 aromatic carbocycles. The highest BCUT2D eigenvalue weighted by atomic mass is 16.5. The molecule has 0 aliphatic carbocycles. The molecule has 0 radical (unpaired) electrons. The zero-order valence-electron chi connectivity index (χ0n) is 15.6. The number of carbonyl (C=O) groups is 2. The molecule has 0 saturated heterocycles. The lowest BCUT2D eigenvalue weighted by Crippen LogP contribution is -2.26. The van der Waals surface area contributed by atoms with Gasteiger partial charge in [-0.25, -0.2) is 9.59 Å². The highest BCUT2D eigenvalue weighted by Gasteiger charge is 2.06. The molecule has 0 bridgehead atoms. The molecule has 3 N–H and O–H groups in total. The third kappa shape index (κ3) is 11.2. The van der Waals surface area contributed by atoms with E-state index >= 15 is 0 Å². The molecular formula is C19H31NO5. The van der Waals surface area contributed by atoms with Gasteiger partial charge in [-0.2, -0.15) is 0 Å². The second-order valence-corrected chi connectivity index (χ2v) is 6.12. The van der Waals surface area contributed by atoms with Crippen LogP contribution in [0.4, 0.5) is 0 Å². The van der Waals surface area contributed by atoms with E-state index in [9.17, 15) is 0 Å². The van der Waals surface area contributed by atoms with Gasteiger partial charge in [0.1, 0.15) is 5.75 Å². The van der Waals surface area contributed by atoms with Gasteiger partial charge in [0, 0.05) is 6.04 Å². The van der Waals surface area contributed by atoms with E-state index in [4.69, 9.17) is 24.5 Å². The zero-order valence-corrected chi connectivity index (χ0v) is 15.6. The van der Waals surface area contributed by atoms with E-state index in [1.807, 2.05) is 6.07 Å². The number of unbranched alkanes of at least 4 members (excludes halogenated alkanes) is 1. The van der Waals surface area contributed by atoms with E-state index in [1.165, 1.54) is 18.4 Å². The van der Waals surface area contributed by atoms with Crippen molar-refractivity contribution in [3.63, 3.8) is 0 Å². The van der Waals surface area contributed by atoms with E-state index in [-0.39, 0.29) is 0 Å². The maximum Gasteiger partial charge on any atom is 0.414 e. The van der Waals surface area contributed by atoms with E-state index in [2.05, 4.69) is 51.2 Å². The van der Waals surface area contributed by atoms with E-state index in [1.54, 1.807) is 0 Å². The Morgan fingerprint density at radius 1 is 1.08 bits per heavy atom. The van der Waals surface area contributed by atoms with Gasteiger partial charge < -0.3 is 20.3 Å². The molecule has 0 aromatic heterocycles. The highest BCUT2D eigenvalue weighted by Crippen LogP contribution is 2.25. The van der Waals surface area contributed by atoms with Gasteiger partial charge in [-0.15, -0.1) is 0 Å². The fourth-order valence-electron chi connectivity index (χ4n) is 1.99. The third-order valence-corrected chi connectivity index (χ3v) is 3.66. The fourth-order valence-corrected chi connectivity index (χ4v) is 1.99.